The van der Waals surface area contributed by atoms with Crippen LogP contribution in [0.15, 0.2) is 24.5 Å². The summed E-state index contributed by atoms with van der Waals surface area (Å²) in [6.07, 6.45) is 4.28. The van der Waals surface area contributed by atoms with Gasteiger partial charge in [-0.05, 0) is 31.0 Å². The molecule has 0 unspecified atom stereocenters. The number of aryl methyl sites for hydroxylation is 2. The number of nitrogen functional groups attached to an aromatic ring is 1. The lowest BCUT2D eigenvalue weighted by molar-refractivity contribution is 0.0787. The fourth-order valence-corrected chi connectivity index (χ4v) is 2.06. The van der Waals surface area contributed by atoms with Crippen LogP contribution in [0.2, 0.25) is 0 Å². The van der Waals surface area contributed by atoms with Crippen LogP contribution in [0.5, 0.6) is 0 Å². The average Bonchev–Trinajstić information content (AvgIpc) is 2.70. The molecule has 0 saturated heterocycles. The first-order valence-corrected chi connectivity index (χ1v) is 6.44. The molecule has 0 aromatic carbocycles. The first kappa shape index (κ1) is 14.0. The lowest BCUT2D eigenvalue weighted by Crippen LogP contribution is -2.31. The van der Waals surface area contributed by atoms with Gasteiger partial charge in [0.1, 0.15) is 5.69 Å². The lowest BCUT2D eigenvalue weighted by Gasteiger charge is -2.17. The van der Waals surface area contributed by atoms with Crippen LogP contribution in [-0.2, 0) is 13.5 Å². The van der Waals surface area contributed by atoms with Crippen molar-refractivity contribution in [3.8, 4) is 0 Å². The number of carbonyl (C=O) groups is 1. The quantitative estimate of drug-likeness (QED) is 0.902. The highest BCUT2D eigenvalue weighted by Crippen LogP contribution is 2.17. The van der Waals surface area contributed by atoms with E-state index >= 15 is 0 Å². The van der Waals surface area contributed by atoms with Gasteiger partial charge in [0.15, 0.2) is 0 Å². The van der Waals surface area contributed by atoms with E-state index in [4.69, 9.17) is 5.73 Å². The number of nitrogens with zero attached hydrogens (tertiary/aromatic N) is 4. The van der Waals surface area contributed by atoms with Gasteiger partial charge in [-0.2, -0.15) is 5.10 Å². The minimum atomic E-state index is -0.111. The number of hydrogen-bond acceptors (Lipinski definition) is 4. The highest BCUT2D eigenvalue weighted by molar-refractivity contribution is 5.97. The second-order valence-corrected chi connectivity index (χ2v) is 4.80. The summed E-state index contributed by atoms with van der Waals surface area (Å²) in [5, 5.41) is 4.17. The third-order valence-electron chi connectivity index (χ3n) is 3.30. The summed E-state index contributed by atoms with van der Waals surface area (Å²) in [6, 6.07) is 3.89. The highest BCUT2D eigenvalue weighted by Gasteiger charge is 2.21. The van der Waals surface area contributed by atoms with E-state index in [1.54, 1.807) is 38.3 Å². The average molecular weight is 273 g/mol. The number of nitrogens with two attached hydrogens (primary N) is 1. The number of likely N-dealkylation sites (N-methyl/N-ethyl adjacent to an activating group) is 1. The number of carbonyl (C=O) groups excluding carboxylic acids is 1. The molecule has 2 rings (SSSR count). The zero-order chi connectivity index (χ0) is 14.7. The lowest BCUT2D eigenvalue weighted by atomic mass is 10.2. The fourth-order valence-electron chi connectivity index (χ4n) is 2.06. The Morgan fingerprint density at radius 3 is 2.60 bits per heavy atom. The van der Waals surface area contributed by atoms with Gasteiger partial charge in [0, 0.05) is 33.0 Å². The molecule has 6 heteroatoms. The first-order valence-electron chi connectivity index (χ1n) is 6.44. The van der Waals surface area contributed by atoms with Crippen LogP contribution in [0.1, 0.15) is 21.7 Å². The number of amides is 1. The minimum Gasteiger partial charge on any atom is -0.395 e. The Balaban J connectivity index is 2.05. The molecular formula is C14H19N5O. The Kier molecular flexibility index (Phi) is 4.02. The van der Waals surface area contributed by atoms with E-state index in [9.17, 15) is 4.79 Å². The van der Waals surface area contributed by atoms with Gasteiger partial charge in [0.25, 0.3) is 5.91 Å². The molecule has 2 heterocycles. The monoisotopic (exact) mass is 273 g/mol. The SMILES string of the molecule is Cc1nn(C)c(C(=O)N(C)CCc2ccncc2)c1N. The molecule has 2 N–H and O–H groups in total. The van der Waals surface area contributed by atoms with Gasteiger partial charge in [0.2, 0.25) is 0 Å². The first-order chi connectivity index (χ1) is 9.50. The maximum Gasteiger partial charge on any atom is 0.274 e. The molecule has 0 bridgehead atoms. The van der Waals surface area contributed by atoms with E-state index in [0.717, 1.165) is 12.0 Å². The predicted octanol–water partition coefficient (Wildman–Crippen LogP) is 1.02. The number of anilines is 1. The van der Waals surface area contributed by atoms with Crippen molar-refractivity contribution in [3.05, 3.63) is 41.5 Å². The van der Waals surface area contributed by atoms with Gasteiger partial charge in [-0.25, -0.2) is 0 Å². The van der Waals surface area contributed by atoms with E-state index in [0.29, 0.717) is 23.6 Å². The van der Waals surface area contributed by atoms with Crippen LogP contribution in [0.4, 0.5) is 5.69 Å². The summed E-state index contributed by atoms with van der Waals surface area (Å²) in [5.74, 6) is -0.111. The second-order valence-electron chi connectivity index (χ2n) is 4.80. The second kappa shape index (κ2) is 5.73. The molecular weight excluding hydrogens is 254 g/mol. The third-order valence-corrected chi connectivity index (χ3v) is 3.30. The molecule has 0 spiro atoms. The van der Waals surface area contributed by atoms with Crippen molar-refractivity contribution in [2.24, 2.45) is 7.05 Å². The summed E-state index contributed by atoms with van der Waals surface area (Å²) in [6.45, 7) is 2.41. The van der Waals surface area contributed by atoms with Crippen molar-refractivity contribution in [1.82, 2.24) is 19.7 Å². The number of aromatic nitrogens is 3. The van der Waals surface area contributed by atoms with Gasteiger partial charge in [-0.3, -0.25) is 14.5 Å². The summed E-state index contributed by atoms with van der Waals surface area (Å²) < 4.78 is 1.54. The van der Waals surface area contributed by atoms with Gasteiger partial charge in [-0.15, -0.1) is 0 Å². The standard InChI is InChI=1S/C14H19N5O/c1-10-12(15)13(19(3)17-10)14(20)18(2)9-6-11-4-7-16-8-5-11/h4-5,7-8H,6,9,15H2,1-3H3. The van der Waals surface area contributed by atoms with Crippen LogP contribution >= 0.6 is 0 Å². The van der Waals surface area contributed by atoms with Crippen molar-refractivity contribution >= 4 is 11.6 Å². The number of pyridine rings is 1. The largest absolute Gasteiger partial charge is 0.395 e. The van der Waals surface area contributed by atoms with Crippen molar-refractivity contribution in [1.29, 1.82) is 0 Å². The molecule has 0 aliphatic carbocycles. The van der Waals surface area contributed by atoms with E-state index in [1.165, 1.54) is 4.68 Å². The summed E-state index contributed by atoms with van der Waals surface area (Å²) >= 11 is 0. The van der Waals surface area contributed by atoms with E-state index < -0.39 is 0 Å². The molecule has 6 nitrogen and oxygen atoms in total. The zero-order valence-corrected chi connectivity index (χ0v) is 12.0. The molecule has 0 aliphatic rings. The van der Waals surface area contributed by atoms with Crippen LogP contribution in [-0.4, -0.2) is 39.2 Å². The van der Waals surface area contributed by atoms with Crippen molar-refractivity contribution in [3.63, 3.8) is 0 Å². The van der Waals surface area contributed by atoms with E-state index in [2.05, 4.69) is 10.1 Å². The normalized spacial score (nSPS) is 10.6. The van der Waals surface area contributed by atoms with Gasteiger partial charge < -0.3 is 10.6 Å². The smallest absolute Gasteiger partial charge is 0.274 e. The Morgan fingerprint density at radius 2 is 2.05 bits per heavy atom. The number of hydrogen-bond donors (Lipinski definition) is 1. The Bertz CT molecular complexity index is 606. The third kappa shape index (κ3) is 2.79. The maximum atomic E-state index is 12.4. The molecule has 106 valence electrons. The zero-order valence-electron chi connectivity index (χ0n) is 12.0. The molecule has 1 amide bonds. The van der Waals surface area contributed by atoms with Crippen LogP contribution in [0.25, 0.3) is 0 Å². The molecule has 0 fully saturated rings. The highest BCUT2D eigenvalue weighted by atomic mass is 16.2. The number of rotatable bonds is 4. The Labute approximate surface area is 118 Å². The molecule has 0 radical (unpaired) electrons. The molecule has 2 aromatic heterocycles. The summed E-state index contributed by atoms with van der Waals surface area (Å²) in [4.78, 5) is 18.0. The van der Waals surface area contributed by atoms with Crippen molar-refractivity contribution in [2.45, 2.75) is 13.3 Å². The minimum absolute atomic E-state index is 0.111. The van der Waals surface area contributed by atoms with Crippen LogP contribution in [0.3, 0.4) is 0 Å². The van der Waals surface area contributed by atoms with Gasteiger partial charge in [-0.1, -0.05) is 0 Å². The summed E-state index contributed by atoms with van der Waals surface area (Å²) in [7, 11) is 3.50. The van der Waals surface area contributed by atoms with E-state index in [-0.39, 0.29) is 5.91 Å². The topological polar surface area (TPSA) is 77.0 Å². The predicted molar refractivity (Wildman–Crippen MR) is 77.3 cm³/mol. The molecule has 2 aromatic rings. The van der Waals surface area contributed by atoms with Crippen molar-refractivity contribution in [2.75, 3.05) is 19.3 Å². The van der Waals surface area contributed by atoms with Gasteiger partial charge >= 0.3 is 0 Å². The molecule has 20 heavy (non-hydrogen) atoms. The maximum absolute atomic E-state index is 12.4. The van der Waals surface area contributed by atoms with E-state index in [1.807, 2.05) is 12.1 Å². The molecule has 0 atom stereocenters. The van der Waals surface area contributed by atoms with Gasteiger partial charge in [0.05, 0.1) is 11.4 Å². The Hall–Kier alpha value is -2.37. The Morgan fingerprint density at radius 1 is 1.40 bits per heavy atom. The molecule has 0 saturated carbocycles. The van der Waals surface area contributed by atoms with Crippen molar-refractivity contribution < 1.29 is 4.79 Å². The van der Waals surface area contributed by atoms with Crippen LogP contribution < -0.4 is 5.73 Å². The fraction of sp³-hybridized carbons (Fsp3) is 0.357. The van der Waals surface area contributed by atoms with Crippen LogP contribution in [0, 0.1) is 6.92 Å². The summed E-state index contributed by atoms with van der Waals surface area (Å²) in [5.41, 5.74) is 8.63. The molecule has 0 aliphatic heterocycles.